The van der Waals surface area contributed by atoms with E-state index in [0.717, 1.165) is 32.6 Å². The molecule has 1 heterocycles. The largest absolute Gasteiger partial charge is 0.245 e. The van der Waals surface area contributed by atoms with Gasteiger partial charge in [0, 0.05) is 15.6 Å². The number of halogens is 2. The van der Waals surface area contributed by atoms with E-state index in [2.05, 4.69) is 36.4 Å². The van der Waals surface area contributed by atoms with E-state index >= 15 is 0 Å². The van der Waals surface area contributed by atoms with Crippen molar-refractivity contribution in [2.45, 2.75) is 0 Å². The fourth-order valence-corrected chi connectivity index (χ4v) is 3.00. The van der Waals surface area contributed by atoms with Crippen LogP contribution < -0.4 is 5.43 Å². The van der Waals surface area contributed by atoms with Gasteiger partial charge in [-0.2, -0.15) is 5.10 Å². The lowest BCUT2D eigenvalue weighted by molar-refractivity contribution is 0.628. The summed E-state index contributed by atoms with van der Waals surface area (Å²) in [5.41, 5.74) is 7.18. The van der Waals surface area contributed by atoms with Crippen LogP contribution in [0.4, 0.5) is 10.3 Å². The molecule has 4 rings (SSSR count). The average Bonchev–Trinajstić information content (AvgIpc) is 2.76. The summed E-state index contributed by atoms with van der Waals surface area (Å²) < 4.78 is 14.0. The van der Waals surface area contributed by atoms with Crippen molar-refractivity contribution in [3.63, 3.8) is 0 Å². The van der Waals surface area contributed by atoms with E-state index in [0.29, 0.717) is 5.95 Å². The molecule has 0 aliphatic heterocycles. The number of hydrogen-bond donors (Lipinski definition) is 1. The Kier molecular flexibility index (Phi) is 5.72. The van der Waals surface area contributed by atoms with Crippen molar-refractivity contribution in [3.8, 4) is 22.5 Å². The highest BCUT2D eigenvalue weighted by atomic mass is 79.9. The van der Waals surface area contributed by atoms with Crippen LogP contribution in [0.3, 0.4) is 0 Å². The normalized spacial score (nSPS) is 11.0. The van der Waals surface area contributed by atoms with Crippen LogP contribution >= 0.6 is 15.9 Å². The number of nitrogens with zero attached hydrogens (tertiary/aromatic N) is 3. The van der Waals surface area contributed by atoms with E-state index in [1.165, 1.54) is 12.1 Å². The SMILES string of the molecule is Fc1ccc(/C=N\Nc2nc(-c3ccccc3)cc(-c3ccc(Br)cc3)n2)cc1. The van der Waals surface area contributed by atoms with E-state index in [1.54, 1.807) is 18.3 Å². The van der Waals surface area contributed by atoms with Crippen molar-refractivity contribution in [1.29, 1.82) is 0 Å². The minimum atomic E-state index is -0.284. The number of rotatable bonds is 5. The van der Waals surface area contributed by atoms with Gasteiger partial charge in [0.1, 0.15) is 5.82 Å². The third-order valence-electron chi connectivity index (χ3n) is 4.18. The molecular formula is C23H16BrFN4. The van der Waals surface area contributed by atoms with Gasteiger partial charge in [-0.25, -0.2) is 19.8 Å². The summed E-state index contributed by atoms with van der Waals surface area (Å²) >= 11 is 3.46. The first-order chi connectivity index (χ1) is 14.2. The highest BCUT2D eigenvalue weighted by Gasteiger charge is 2.08. The Morgan fingerprint density at radius 3 is 2.07 bits per heavy atom. The molecule has 1 N–H and O–H groups in total. The predicted molar refractivity (Wildman–Crippen MR) is 118 cm³/mol. The van der Waals surface area contributed by atoms with Crippen molar-refractivity contribution in [2.75, 3.05) is 5.43 Å². The van der Waals surface area contributed by atoms with Crippen LogP contribution in [0.1, 0.15) is 5.56 Å². The molecule has 0 fully saturated rings. The number of anilines is 1. The molecule has 0 amide bonds. The highest BCUT2D eigenvalue weighted by Crippen LogP contribution is 2.26. The number of benzene rings is 3. The Hall–Kier alpha value is -3.38. The zero-order valence-electron chi connectivity index (χ0n) is 15.3. The van der Waals surface area contributed by atoms with Crippen molar-refractivity contribution >= 4 is 28.1 Å². The van der Waals surface area contributed by atoms with Crippen molar-refractivity contribution in [3.05, 3.63) is 101 Å². The molecule has 3 aromatic carbocycles. The van der Waals surface area contributed by atoms with Gasteiger partial charge in [-0.15, -0.1) is 0 Å². The van der Waals surface area contributed by atoms with Gasteiger partial charge in [0.15, 0.2) is 0 Å². The second kappa shape index (κ2) is 8.75. The number of nitrogens with one attached hydrogen (secondary N) is 1. The molecule has 0 aliphatic carbocycles. The highest BCUT2D eigenvalue weighted by molar-refractivity contribution is 9.10. The van der Waals surface area contributed by atoms with Gasteiger partial charge in [-0.3, -0.25) is 0 Å². The molecular weight excluding hydrogens is 431 g/mol. The number of hydrogen-bond acceptors (Lipinski definition) is 4. The van der Waals surface area contributed by atoms with Crippen molar-refractivity contribution in [1.82, 2.24) is 9.97 Å². The van der Waals surface area contributed by atoms with Gasteiger partial charge in [-0.05, 0) is 35.9 Å². The van der Waals surface area contributed by atoms with Crippen LogP contribution in [0.25, 0.3) is 22.5 Å². The maximum absolute atomic E-state index is 13.0. The summed E-state index contributed by atoms with van der Waals surface area (Å²) in [4.78, 5) is 9.18. The quantitative estimate of drug-likeness (QED) is 0.295. The lowest BCUT2D eigenvalue weighted by atomic mass is 10.1. The Morgan fingerprint density at radius 1 is 0.793 bits per heavy atom. The Balaban J connectivity index is 1.67. The molecule has 4 aromatic rings. The average molecular weight is 447 g/mol. The van der Waals surface area contributed by atoms with Gasteiger partial charge in [0.25, 0.3) is 0 Å². The molecule has 142 valence electrons. The van der Waals surface area contributed by atoms with E-state index in [1.807, 2.05) is 60.7 Å². The van der Waals surface area contributed by atoms with Crippen molar-refractivity contribution < 1.29 is 4.39 Å². The minimum absolute atomic E-state index is 0.284. The lowest BCUT2D eigenvalue weighted by Gasteiger charge is -2.08. The second-order valence-electron chi connectivity index (χ2n) is 6.26. The first-order valence-corrected chi connectivity index (χ1v) is 9.72. The van der Waals surface area contributed by atoms with Crippen LogP contribution in [0.15, 0.2) is 94.5 Å². The molecule has 29 heavy (non-hydrogen) atoms. The Morgan fingerprint density at radius 2 is 1.41 bits per heavy atom. The summed E-state index contributed by atoms with van der Waals surface area (Å²) in [5.74, 6) is 0.0933. The van der Waals surface area contributed by atoms with Crippen LogP contribution in [0, 0.1) is 5.82 Å². The van der Waals surface area contributed by atoms with E-state index < -0.39 is 0 Å². The lowest BCUT2D eigenvalue weighted by Crippen LogP contribution is -2.00. The first kappa shape index (κ1) is 19.0. The summed E-state index contributed by atoms with van der Waals surface area (Å²) in [6.07, 6.45) is 1.59. The summed E-state index contributed by atoms with van der Waals surface area (Å²) in [6, 6.07) is 25.9. The maximum Gasteiger partial charge on any atom is 0.244 e. The van der Waals surface area contributed by atoms with E-state index in [9.17, 15) is 4.39 Å². The van der Waals surface area contributed by atoms with E-state index in [-0.39, 0.29) is 5.82 Å². The molecule has 0 bridgehead atoms. The van der Waals surface area contributed by atoms with Crippen LogP contribution in [0.5, 0.6) is 0 Å². The Bertz CT molecular complexity index is 1130. The fraction of sp³-hybridized carbons (Fsp3) is 0. The fourth-order valence-electron chi connectivity index (χ4n) is 2.74. The zero-order chi connectivity index (χ0) is 20.1. The summed E-state index contributed by atoms with van der Waals surface area (Å²) in [5, 5.41) is 4.20. The predicted octanol–water partition coefficient (Wildman–Crippen LogP) is 6.16. The summed E-state index contributed by atoms with van der Waals surface area (Å²) in [7, 11) is 0. The van der Waals surface area contributed by atoms with Crippen LogP contribution in [-0.4, -0.2) is 16.2 Å². The molecule has 0 unspecified atom stereocenters. The molecule has 0 saturated carbocycles. The number of hydrazone groups is 1. The monoisotopic (exact) mass is 446 g/mol. The first-order valence-electron chi connectivity index (χ1n) is 8.92. The van der Waals surface area contributed by atoms with Crippen molar-refractivity contribution in [2.24, 2.45) is 5.10 Å². The van der Waals surface area contributed by atoms with Gasteiger partial charge in [0.05, 0.1) is 17.6 Å². The number of aromatic nitrogens is 2. The standard InChI is InChI=1S/C23H16BrFN4/c24-19-10-8-18(9-11-19)22-14-21(17-4-2-1-3-5-17)27-23(28-22)29-26-15-16-6-12-20(25)13-7-16/h1-15H,(H,27,28,29)/b26-15-. The molecule has 0 spiro atoms. The molecule has 0 radical (unpaired) electrons. The topological polar surface area (TPSA) is 50.2 Å². The molecule has 6 heteroatoms. The van der Waals surface area contributed by atoms with Crippen LogP contribution in [0.2, 0.25) is 0 Å². The van der Waals surface area contributed by atoms with Gasteiger partial charge >= 0.3 is 0 Å². The molecule has 1 aromatic heterocycles. The molecule has 0 saturated heterocycles. The summed E-state index contributed by atoms with van der Waals surface area (Å²) in [6.45, 7) is 0. The van der Waals surface area contributed by atoms with Gasteiger partial charge in [0.2, 0.25) is 5.95 Å². The minimum Gasteiger partial charge on any atom is -0.245 e. The Labute approximate surface area is 176 Å². The maximum atomic E-state index is 13.0. The molecule has 0 aliphatic rings. The smallest absolute Gasteiger partial charge is 0.244 e. The zero-order valence-corrected chi connectivity index (χ0v) is 16.8. The third kappa shape index (κ3) is 4.92. The van der Waals surface area contributed by atoms with Gasteiger partial charge < -0.3 is 0 Å². The van der Waals surface area contributed by atoms with E-state index in [4.69, 9.17) is 0 Å². The molecule has 0 atom stereocenters. The van der Waals surface area contributed by atoms with Gasteiger partial charge in [-0.1, -0.05) is 70.5 Å². The third-order valence-corrected chi connectivity index (χ3v) is 4.71. The molecule has 4 nitrogen and oxygen atoms in total. The van der Waals surface area contributed by atoms with Crippen LogP contribution in [-0.2, 0) is 0 Å². The second-order valence-corrected chi connectivity index (χ2v) is 7.17.